The van der Waals surface area contributed by atoms with Crippen molar-refractivity contribution in [2.45, 2.75) is 43.6 Å². The van der Waals surface area contributed by atoms with E-state index < -0.39 is 11.9 Å². The standard InChI is InChI=1S/C15H18ClFN2O3/c16-10-3-1-8(5-11(10)17)13(20)7-18-15(21)19-12-6-9-2-4-14(12)22-9/h1,3,5,9,12-14,20H,2,4,6-7H2,(H2,18,19,21)/t9-,12-,13+,14-/m0/s1. The minimum Gasteiger partial charge on any atom is -0.387 e. The van der Waals surface area contributed by atoms with Gasteiger partial charge >= 0.3 is 6.03 Å². The summed E-state index contributed by atoms with van der Waals surface area (Å²) < 4.78 is 19.0. The molecule has 2 bridgehead atoms. The van der Waals surface area contributed by atoms with Gasteiger partial charge in [-0.25, -0.2) is 9.18 Å². The van der Waals surface area contributed by atoms with Gasteiger partial charge in [0.1, 0.15) is 5.82 Å². The van der Waals surface area contributed by atoms with Gasteiger partial charge in [0, 0.05) is 6.54 Å². The van der Waals surface area contributed by atoms with Gasteiger partial charge in [0.15, 0.2) is 0 Å². The number of carbonyl (C=O) groups is 1. The number of rotatable bonds is 4. The molecule has 120 valence electrons. The molecule has 2 aliphatic rings. The SMILES string of the molecule is O=C(NC[C@@H](O)c1ccc(Cl)c(F)c1)N[C@H]1C[C@@H]2CC[C@@H]1O2. The molecule has 2 aliphatic heterocycles. The Bertz CT molecular complexity index is 572. The summed E-state index contributed by atoms with van der Waals surface area (Å²) >= 11 is 5.59. The Kier molecular flexibility index (Phi) is 4.52. The summed E-state index contributed by atoms with van der Waals surface area (Å²) in [6.45, 7) is -0.00538. The van der Waals surface area contributed by atoms with Crippen LogP contribution in [0.25, 0.3) is 0 Å². The van der Waals surface area contributed by atoms with Crippen LogP contribution in [0.3, 0.4) is 0 Å². The fraction of sp³-hybridized carbons (Fsp3) is 0.533. The van der Waals surface area contributed by atoms with Crippen molar-refractivity contribution in [3.8, 4) is 0 Å². The monoisotopic (exact) mass is 328 g/mol. The molecule has 2 amide bonds. The summed E-state index contributed by atoms with van der Waals surface area (Å²) in [5.74, 6) is -0.596. The molecule has 5 nitrogen and oxygen atoms in total. The van der Waals surface area contributed by atoms with Crippen molar-refractivity contribution < 1.29 is 19.0 Å². The summed E-state index contributed by atoms with van der Waals surface area (Å²) in [7, 11) is 0. The Labute approximate surface area is 132 Å². The predicted octanol–water partition coefficient (Wildman–Crippen LogP) is 2.13. The van der Waals surface area contributed by atoms with Crippen LogP contribution in [0.1, 0.15) is 30.9 Å². The van der Waals surface area contributed by atoms with Crippen molar-refractivity contribution in [2.24, 2.45) is 0 Å². The van der Waals surface area contributed by atoms with Crippen LogP contribution in [0, 0.1) is 5.82 Å². The van der Waals surface area contributed by atoms with Crippen molar-refractivity contribution in [2.75, 3.05) is 6.54 Å². The molecular weight excluding hydrogens is 311 g/mol. The molecule has 7 heteroatoms. The third kappa shape index (κ3) is 3.34. The van der Waals surface area contributed by atoms with Crippen LogP contribution >= 0.6 is 11.6 Å². The van der Waals surface area contributed by atoms with E-state index in [1.807, 2.05) is 0 Å². The molecule has 2 heterocycles. The number of fused-ring (bicyclic) bond motifs is 2. The highest BCUT2D eigenvalue weighted by Crippen LogP contribution is 2.34. The number of benzene rings is 1. The lowest BCUT2D eigenvalue weighted by Crippen LogP contribution is -2.47. The first-order chi connectivity index (χ1) is 10.5. The number of halogens is 2. The normalized spacial score (nSPS) is 27.7. The quantitative estimate of drug-likeness (QED) is 0.793. The van der Waals surface area contributed by atoms with Gasteiger partial charge in [0.05, 0.1) is 29.4 Å². The Hall–Kier alpha value is -1.37. The van der Waals surface area contributed by atoms with Crippen LogP contribution in [0.4, 0.5) is 9.18 Å². The first-order valence-electron chi connectivity index (χ1n) is 7.36. The number of urea groups is 1. The second-order valence-corrected chi connectivity index (χ2v) is 6.17. The van der Waals surface area contributed by atoms with Gasteiger partial charge in [-0.3, -0.25) is 0 Å². The second-order valence-electron chi connectivity index (χ2n) is 5.76. The molecule has 0 aromatic heterocycles. The van der Waals surface area contributed by atoms with Crippen LogP contribution < -0.4 is 10.6 Å². The fourth-order valence-electron chi connectivity index (χ4n) is 3.04. The molecule has 2 fully saturated rings. The van der Waals surface area contributed by atoms with Gasteiger partial charge in [-0.2, -0.15) is 0 Å². The number of carbonyl (C=O) groups excluding carboxylic acids is 1. The molecule has 3 N–H and O–H groups in total. The van der Waals surface area contributed by atoms with Gasteiger partial charge in [0.2, 0.25) is 0 Å². The predicted molar refractivity (Wildman–Crippen MR) is 79.2 cm³/mol. The number of hydrogen-bond acceptors (Lipinski definition) is 3. The minimum absolute atomic E-state index is 0.00191. The van der Waals surface area contributed by atoms with Gasteiger partial charge in [0.25, 0.3) is 0 Å². The summed E-state index contributed by atoms with van der Waals surface area (Å²) in [6.07, 6.45) is 2.24. The van der Waals surface area contributed by atoms with E-state index in [1.54, 1.807) is 0 Å². The van der Waals surface area contributed by atoms with Crippen LogP contribution in [-0.4, -0.2) is 35.9 Å². The van der Waals surface area contributed by atoms with E-state index in [0.717, 1.165) is 25.3 Å². The number of hydrogen-bond donors (Lipinski definition) is 3. The van der Waals surface area contributed by atoms with Crippen LogP contribution in [0.5, 0.6) is 0 Å². The first-order valence-corrected chi connectivity index (χ1v) is 7.73. The molecular formula is C15H18ClFN2O3. The molecule has 3 rings (SSSR count). The molecule has 0 unspecified atom stereocenters. The van der Waals surface area contributed by atoms with Gasteiger partial charge in [-0.1, -0.05) is 17.7 Å². The summed E-state index contributed by atoms with van der Waals surface area (Å²) in [5.41, 5.74) is 0.366. The lowest BCUT2D eigenvalue weighted by atomic mass is 9.96. The van der Waals surface area contributed by atoms with E-state index >= 15 is 0 Å². The zero-order valence-electron chi connectivity index (χ0n) is 11.9. The smallest absolute Gasteiger partial charge is 0.315 e. The maximum Gasteiger partial charge on any atom is 0.315 e. The average molecular weight is 329 g/mol. The molecule has 22 heavy (non-hydrogen) atoms. The highest BCUT2D eigenvalue weighted by molar-refractivity contribution is 6.30. The zero-order chi connectivity index (χ0) is 15.7. The largest absolute Gasteiger partial charge is 0.387 e. The topological polar surface area (TPSA) is 70.6 Å². The minimum atomic E-state index is -0.992. The summed E-state index contributed by atoms with van der Waals surface area (Å²) in [6, 6.07) is 3.75. The Morgan fingerprint density at radius 3 is 2.95 bits per heavy atom. The van der Waals surface area contributed by atoms with Crippen molar-refractivity contribution in [3.05, 3.63) is 34.6 Å². The molecule has 0 spiro atoms. The second kappa shape index (κ2) is 6.40. The molecule has 1 aromatic rings. The van der Waals surface area contributed by atoms with Crippen molar-refractivity contribution in [3.63, 3.8) is 0 Å². The van der Waals surface area contributed by atoms with Crippen LogP contribution in [-0.2, 0) is 4.74 Å². The Morgan fingerprint density at radius 2 is 2.32 bits per heavy atom. The number of amides is 2. The number of nitrogens with one attached hydrogen (secondary N) is 2. The average Bonchev–Trinajstić information content (AvgIpc) is 3.10. The van der Waals surface area contributed by atoms with E-state index in [2.05, 4.69) is 10.6 Å². The van der Waals surface area contributed by atoms with Crippen LogP contribution in [0.2, 0.25) is 5.02 Å². The highest BCUT2D eigenvalue weighted by Gasteiger charge is 2.41. The van der Waals surface area contributed by atoms with Crippen molar-refractivity contribution in [1.29, 1.82) is 0 Å². The molecule has 0 radical (unpaired) electrons. The van der Waals surface area contributed by atoms with E-state index in [1.165, 1.54) is 12.1 Å². The number of aliphatic hydroxyl groups excluding tert-OH is 1. The number of ether oxygens (including phenoxy) is 1. The lowest BCUT2D eigenvalue weighted by molar-refractivity contribution is 0.0979. The first kappa shape index (κ1) is 15.5. The maximum absolute atomic E-state index is 13.3. The van der Waals surface area contributed by atoms with Crippen molar-refractivity contribution in [1.82, 2.24) is 10.6 Å². The van der Waals surface area contributed by atoms with E-state index in [4.69, 9.17) is 16.3 Å². The molecule has 0 aliphatic carbocycles. The lowest BCUT2D eigenvalue weighted by Gasteiger charge is -2.21. The van der Waals surface area contributed by atoms with Gasteiger partial charge in [-0.15, -0.1) is 0 Å². The van der Waals surface area contributed by atoms with Gasteiger partial charge < -0.3 is 20.5 Å². The maximum atomic E-state index is 13.3. The van der Waals surface area contributed by atoms with E-state index in [9.17, 15) is 14.3 Å². The highest BCUT2D eigenvalue weighted by atomic mass is 35.5. The van der Waals surface area contributed by atoms with Gasteiger partial charge in [-0.05, 0) is 37.0 Å². The summed E-state index contributed by atoms with van der Waals surface area (Å²) in [4.78, 5) is 11.8. The molecule has 2 saturated heterocycles. The van der Waals surface area contributed by atoms with E-state index in [-0.39, 0.29) is 35.8 Å². The Balaban J connectivity index is 1.47. The third-order valence-corrected chi connectivity index (χ3v) is 4.51. The molecule has 1 aromatic carbocycles. The number of aliphatic hydroxyl groups is 1. The summed E-state index contributed by atoms with van der Waals surface area (Å²) in [5, 5.41) is 15.4. The fourth-order valence-corrected chi connectivity index (χ4v) is 3.15. The zero-order valence-corrected chi connectivity index (χ0v) is 12.6. The van der Waals surface area contributed by atoms with Crippen LogP contribution in [0.15, 0.2) is 18.2 Å². The van der Waals surface area contributed by atoms with E-state index in [0.29, 0.717) is 5.56 Å². The molecule has 0 saturated carbocycles. The molecule has 4 atom stereocenters. The van der Waals surface area contributed by atoms with Crippen molar-refractivity contribution >= 4 is 17.6 Å². The third-order valence-electron chi connectivity index (χ3n) is 4.21. The Morgan fingerprint density at radius 1 is 1.50 bits per heavy atom.